The van der Waals surface area contributed by atoms with Crippen molar-refractivity contribution in [2.45, 2.75) is 33.2 Å². The Morgan fingerprint density at radius 1 is 1.18 bits per heavy atom. The maximum atomic E-state index is 3.70. The number of nitrogens with one attached hydrogen (secondary N) is 1. The lowest BCUT2D eigenvalue weighted by molar-refractivity contribution is 0.273. The maximum absolute atomic E-state index is 3.70. The normalized spacial score (nSPS) is 13.6. The summed E-state index contributed by atoms with van der Waals surface area (Å²) in [6, 6.07) is 11.2. The van der Waals surface area contributed by atoms with Gasteiger partial charge in [0, 0.05) is 6.04 Å². The van der Waals surface area contributed by atoms with Crippen LogP contribution < -0.4 is 5.32 Å². The molecule has 0 amide bonds. The predicted octanol–water partition coefficient (Wildman–Crippen LogP) is 4.12. The first kappa shape index (κ1) is 14.6. The number of benzene rings is 1. The summed E-state index contributed by atoms with van der Waals surface area (Å²) in [6.45, 7) is 7.99. The van der Waals surface area contributed by atoms with E-state index in [9.17, 15) is 0 Å². The third-order valence-corrected chi connectivity index (χ3v) is 3.57. The van der Waals surface area contributed by atoms with Gasteiger partial charge in [-0.15, -0.1) is 0 Å². The predicted molar refractivity (Wildman–Crippen MR) is 79.6 cm³/mol. The lowest BCUT2D eigenvalue weighted by Crippen LogP contribution is -2.33. The van der Waals surface area contributed by atoms with Crippen molar-refractivity contribution < 1.29 is 0 Å². The minimum atomic E-state index is 0.251. The van der Waals surface area contributed by atoms with E-state index in [4.69, 9.17) is 0 Å². The van der Waals surface area contributed by atoms with E-state index in [2.05, 4.69) is 62.7 Å². The molecular formula is C15H25NS. The summed E-state index contributed by atoms with van der Waals surface area (Å²) in [7, 11) is 0. The minimum Gasteiger partial charge on any atom is -0.309 e. The number of hydrogen-bond donors (Lipinski definition) is 1. The van der Waals surface area contributed by atoms with Crippen molar-refractivity contribution in [3.8, 4) is 0 Å². The first-order valence-electron chi connectivity index (χ1n) is 6.33. The molecule has 1 N–H and O–H groups in total. The summed E-state index contributed by atoms with van der Waals surface area (Å²) in [5, 5.41) is 3.70. The lowest BCUT2D eigenvalue weighted by Gasteiger charge is -2.32. The zero-order valence-electron chi connectivity index (χ0n) is 11.5. The molecule has 0 saturated heterocycles. The van der Waals surface area contributed by atoms with E-state index in [1.807, 2.05) is 11.8 Å². The van der Waals surface area contributed by atoms with E-state index in [0.717, 1.165) is 6.54 Å². The van der Waals surface area contributed by atoms with Gasteiger partial charge in [-0.25, -0.2) is 0 Å². The van der Waals surface area contributed by atoms with Crippen LogP contribution in [0.3, 0.4) is 0 Å². The van der Waals surface area contributed by atoms with Gasteiger partial charge in [0.15, 0.2) is 0 Å². The topological polar surface area (TPSA) is 12.0 Å². The molecule has 1 nitrogen and oxygen atoms in total. The van der Waals surface area contributed by atoms with Crippen LogP contribution >= 0.6 is 11.8 Å². The maximum Gasteiger partial charge on any atom is 0.0369 e. The highest BCUT2D eigenvalue weighted by Gasteiger charge is 2.25. The molecule has 1 unspecified atom stereocenters. The van der Waals surface area contributed by atoms with Gasteiger partial charge in [-0.05, 0) is 36.0 Å². The Balaban J connectivity index is 2.63. The second kappa shape index (κ2) is 7.07. The smallest absolute Gasteiger partial charge is 0.0369 e. The Hall–Kier alpha value is -0.470. The summed E-state index contributed by atoms with van der Waals surface area (Å²) in [4.78, 5) is 0. The number of rotatable bonds is 6. The average Bonchev–Trinajstić information content (AvgIpc) is 2.28. The molecule has 2 heteroatoms. The molecule has 1 rings (SSSR count). The molecule has 1 aromatic rings. The van der Waals surface area contributed by atoms with Gasteiger partial charge >= 0.3 is 0 Å². The highest BCUT2D eigenvalue weighted by molar-refractivity contribution is 7.98. The van der Waals surface area contributed by atoms with Crippen LogP contribution in [0.1, 0.15) is 38.8 Å². The second-order valence-corrected chi connectivity index (χ2v) is 6.50. The van der Waals surface area contributed by atoms with E-state index in [-0.39, 0.29) is 5.41 Å². The molecule has 0 aliphatic rings. The molecule has 0 heterocycles. The van der Waals surface area contributed by atoms with Crippen molar-refractivity contribution in [2.24, 2.45) is 5.41 Å². The first-order valence-corrected chi connectivity index (χ1v) is 7.72. The van der Waals surface area contributed by atoms with E-state index in [0.29, 0.717) is 6.04 Å². The summed E-state index contributed by atoms with van der Waals surface area (Å²) >= 11 is 1.92. The SMILES string of the molecule is CSCCCNC(c1ccccc1)C(C)(C)C. The van der Waals surface area contributed by atoms with Crippen molar-refractivity contribution in [1.29, 1.82) is 0 Å². The minimum absolute atomic E-state index is 0.251. The van der Waals surface area contributed by atoms with Gasteiger partial charge in [-0.1, -0.05) is 51.1 Å². The van der Waals surface area contributed by atoms with Crippen LogP contribution in [0.4, 0.5) is 0 Å². The van der Waals surface area contributed by atoms with Gasteiger partial charge in [-0.3, -0.25) is 0 Å². The standard InChI is InChI=1S/C15H25NS/c1-15(2,3)14(16-11-8-12-17-4)13-9-6-5-7-10-13/h5-7,9-10,14,16H,8,11-12H2,1-4H3. The monoisotopic (exact) mass is 251 g/mol. The van der Waals surface area contributed by atoms with Crippen LogP contribution in [-0.4, -0.2) is 18.6 Å². The molecule has 96 valence electrons. The van der Waals surface area contributed by atoms with Gasteiger partial charge in [0.2, 0.25) is 0 Å². The van der Waals surface area contributed by atoms with Gasteiger partial charge in [0.05, 0.1) is 0 Å². The number of thioether (sulfide) groups is 1. The average molecular weight is 251 g/mol. The largest absolute Gasteiger partial charge is 0.309 e. The fraction of sp³-hybridized carbons (Fsp3) is 0.600. The molecule has 17 heavy (non-hydrogen) atoms. The molecule has 0 fully saturated rings. The van der Waals surface area contributed by atoms with Crippen molar-refractivity contribution in [1.82, 2.24) is 5.32 Å². The Kier molecular flexibility index (Phi) is 6.07. The van der Waals surface area contributed by atoms with Crippen LogP contribution in [0.15, 0.2) is 30.3 Å². The van der Waals surface area contributed by atoms with Crippen molar-refractivity contribution in [3.05, 3.63) is 35.9 Å². The Morgan fingerprint density at radius 2 is 1.82 bits per heavy atom. The van der Waals surface area contributed by atoms with E-state index >= 15 is 0 Å². The van der Waals surface area contributed by atoms with Gasteiger partial charge in [-0.2, -0.15) is 11.8 Å². The quantitative estimate of drug-likeness (QED) is 0.763. The van der Waals surface area contributed by atoms with Gasteiger partial charge < -0.3 is 5.32 Å². The number of hydrogen-bond acceptors (Lipinski definition) is 2. The van der Waals surface area contributed by atoms with Crippen LogP contribution in [0.25, 0.3) is 0 Å². The third-order valence-electron chi connectivity index (χ3n) is 2.87. The Labute approximate surface area is 110 Å². The highest BCUT2D eigenvalue weighted by Crippen LogP contribution is 2.32. The first-order chi connectivity index (χ1) is 8.05. The molecule has 0 radical (unpaired) electrons. The van der Waals surface area contributed by atoms with Crippen molar-refractivity contribution >= 4 is 11.8 Å². The molecule has 1 aromatic carbocycles. The van der Waals surface area contributed by atoms with Crippen LogP contribution in [-0.2, 0) is 0 Å². The van der Waals surface area contributed by atoms with Crippen LogP contribution in [0.2, 0.25) is 0 Å². The Bertz CT molecular complexity index is 302. The molecule has 0 aliphatic carbocycles. The van der Waals surface area contributed by atoms with Crippen LogP contribution in [0, 0.1) is 5.41 Å². The molecule has 0 aliphatic heterocycles. The zero-order valence-corrected chi connectivity index (χ0v) is 12.3. The summed E-state index contributed by atoms with van der Waals surface area (Å²) in [6.07, 6.45) is 3.40. The summed E-state index contributed by atoms with van der Waals surface area (Å²) in [5.41, 5.74) is 1.64. The molecule has 0 bridgehead atoms. The van der Waals surface area contributed by atoms with Gasteiger partial charge in [0.25, 0.3) is 0 Å². The van der Waals surface area contributed by atoms with E-state index in [1.54, 1.807) is 0 Å². The van der Waals surface area contributed by atoms with Gasteiger partial charge in [0.1, 0.15) is 0 Å². The molecule has 1 atom stereocenters. The fourth-order valence-corrected chi connectivity index (χ4v) is 2.47. The highest BCUT2D eigenvalue weighted by atomic mass is 32.2. The zero-order chi connectivity index (χ0) is 12.7. The van der Waals surface area contributed by atoms with Crippen molar-refractivity contribution in [2.75, 3.05) is 18.6 Å². The van der Waals surface area contributed by atoms with E-state index in [1.165, 1.54) is 17.7 Å². The fourth-order valence-electron chi connectivity index (χ4n) is 2.03. The second-order valence-electron chi connectivity index (χ2n) is 5.51. The Morgan fingerprint density at radius 3 is 2.35 bits per heavy atom. The van der Waals surface area contributed by atoms with E-state index < -0.39 is 0 Å². The lowest BCUT2D eigenvalue weighted by atomic mass is 9.82. The van der Waals surface area contributed by atoms with Crippen molar-refractivity contribution in [3.63, 3.8) is 0 Å². The van der Waals surface area contributed by atoms with Crippen LogP contribution in [0.5, 0.6) is 0 Å². The summed E-state index contributed by atoms with van der Waals surface area (Å²) < 4.78 is 0. The molecule has 0 spiro atoms. The molecule has 0 aromatic heterocycles. The molecule has 0 saturated carbocycles. The summed E-state index contributed by atoms with van der Waals surface area (Å²) in [5.74, 6) is 1.23. The third kappa shape index (κ3) is 5.13. The molecular weight excluding hydrogens is 226 g/mol.